The molecule has 19 heavy (non-hydrogen) atoms. The van der Waals surface area contributed by atoms with Gasteiger partial charge in [-0.05, 0) is 18.4 Å². The van der Waals surface area contributed by atoms with Crippen molar-refractivity contribution in [3.05, 3.63) is 54.1 Å². The molecular formula is C17H25N2+. The molecule has 2 rings (SSSR count). The smallest absolute Gasteiger partial charge is 0.234 e. The molecule has 0 aliphatic carbocycles. The van der Waals surface area contributed by atoms with E-state index in [9.17, 15) is 0 Å². The molecule has 0 amide bonds. The number of hydrogen-bond donors (Lipinski definition) is 0. The molecule has 0 aliphatic rings. The molecule has 0 bridgehead atoms. The summed E-state index contributed by atoms with van der Waals surface area (Å²) < 4.78 is 4.82. The number of hydrogen-bond acceptors (Lipinski definition) is 0. The first-order valence-corrected chi connectivity index (χ1v) is 7.46. The van der Waals surface area contributed by atoms with Gasteiger partial charge >= 0.3 is 0 Å². The molecule has 0 spiro atoms. The molecule has 0 N–H and O–H groups in total. The summed E-state index contributed by atoms with van der Waals surface area (Å²) >= 11 is 0. The summed E-state index contributed by atoms with van der Waals surface area (Å²) in [7, 11) is 0. The Hall–Kier alpha value is -1.57. The molecule has 102 valence electrons. The van der Waals surface area contributed by atoms with E-state index in [2.05, 4.69) is 65.7 Å². The zero-order valence-electron chi connectivity index (χ0n) is 12.2. The maximum Gasteiger partial charge on any atom is 0.256 e. The quantitative estimate of drug-likeness (QED) is 0.670. The lowest BCUT2D eigenvalue weighted by molar-refractivity contribution is -0.703. The molecule has 0 saturated heterocycles. The second-order valence-corrected chi connectivity index (χ2v) is 5.12. The third-order valence-corrected chi connectivity index (χ3v) is 3.50. The van der Waals surface area contributed by atoms with Crippen molar-refractivity contribution in [2.45, 2.75) is 52.6 Å². The van der Waals surface area contributed by atoms with Gasteiger partial charge in [-0.3, -0.25) is 0 Å². The summed E-state index contributed by atoms with van der Waals surface area (Å²) in [4.78, 5) is 0. The zero-order valence-corrected chi connectivity index (χ0v) is 12.2. The third-order valence-electron chi connectivity index (χ3n) is 3.50. The van der Waals surface area contributed by atoms with Gasteiger partial charge in [0.2, 0.25) is 0 Å². The van der Waals surface area contributed by atoms with Gasteiger partial charge in [-0.1, -0.05) is 50.6 Å². The van der Waals surface area contributed by atoms with Crippen molar-refractivity contribution < 1.29 is 4.57 Å². The van der Waals surface area contributed by atoms with Crippen LogP contribution in [0.3, 0.4) is 0 Å². The van der Waals surface area contributed by atoms with E-state index >= 15 is 0 Å². The van der Waals surface area contributed by atoms with Crippen LogP contribution in [0, 0.1) is 0 Å². The Bertz CT molecular complexity index is 485. The minimum absolute atomic E-state index is 0.983. The Kier molecular flexibility index (Phi) is 5.20. The average Bonchev–Trinajstić information content (AvgIpc) is 2.80. The zero-order chi connectivity index (χ0) is 13.5. The topological polar surface area (TPSA) is 8.81 Å². The predicted molar refractivity (Wildman–Crippen MR) is 79.1 cm³/mol. The Balaban J connectivity index is 2.19. The molecule has 0 saturated carbocycles. The first kappa shape index (κ1) is 13.9. The normalized spacial score (nSPS) is 10.8. The number of imidazole rings is 1. The van der Waals surface area contributed by atoms with E-state index in [1.54, 1.807) is 0 Å². The molecule has 0 aliphatic heterocycles. The molecule has 1 heterocycles. The van der Waals surface area contributed by atoms with Crippen molar-refractivity contribution in [2.24, 2.45) is 0 Å². The highest BCUT2D eigenvalue weighted by Gasteiger charge is 2.15. The largest absolute Gasteiger partial charge is 0.256 e. The maximum atomic E-state index is 2.42. The fourth-order valence-corrected chi connectivity index (χ4v) is 2.49. The SMILES string of the molecule is CCCCc1n(Cc2ccccc2)cc[n+]1CCC. The van der Waals surface area contributed by atoms with E-state index in [1.165, 1.54) is 37.1 Å². The lowest BCUT2D eigenvalue weighted by Gasteiger charge is -2.04. The molecule has 2 heteroatoms. The summed E-state index contributed by atoms with van der Waals surface area (Å²) in [6, 6.07) is 10.7. The van der Waals surface area contributed by atoms with Crippen LogP contribution in [0.5, 0.6) is 0 Å². The van der Waals surface area contributed by atoms with Gasteiger partial charge in [0, 0.05) is 6.42 Å². The minimum Gasteiger partial charge on any atom is -0.234 e. The number of aromatic nitrogens is 2. The predicted octanol–water partition coefficient (Wildman–Crippen LogP) is 3.58. The summed E-state index contributed by atoms with van der Waals surface area (Å²) in [5, 5.41) is 0. The van der Waals surface area contributed by atoms with Gasteiger partial charge in [0.15, 0.2) is 0 Å². The standard InChI is InChI=1S/C17H25N2/c1-3-5-11-17-18(12-4-2)13-14-19(17)15-16-9-7-6-8-10-16/h6-10,13-14H,3-5,11-12,15H2,1-2H3/q+1. The molecule has 0 atom stereocenters. The van der Waals surface area contributed by atoms with Crippen LogP contribution < -0.4 is 4.57 Å². The second kappa shape index (κ2) is 7.13. The fourth-order valence-electron chi connectivity index (χ4n) is 2.49. The molecule has 0 unspecified atom stereocenters. The Morgan fingerprint density at radius 2 is 1.84 bits per heavy atom. The monoisotopic (exact) mass is 257 g/mol. The van der Waals surface area contributed by atoms with Crippen molar-refractivity contribution in [3.8, 4) is 0 Å². The van der Waals surface area contributed by atoms with Crippen LogP contribution in [-0.2, 0) is 19.5 Å². The van der Waals surface area contributed by atoms with Gasteiger partial charge < -0.3 is 0 Å². The lowest BCUT2D eigenvalue weighted by atomic mass is 10.2. The number of aryl methyl sites for hydroxylation is 1. The highest BCUT2D eigenvalue weighted by Crippen LogP contribution is 2.07. The van der Waals surface area contributed by atoms with E-state index in [1.807, 2.05) is 0 Å². The van der Waals surface area contributed by atoms with Crippen LogP contribution in [0.1, 0.15) is 44.5 Å². The number of unbranched alkanes of at least 4 members (excludes halogenated alkanes) is 1. The molecule has 0 fully saturated rings. The van der Waals surface area contributed by atoms with Crippen molar-refractivity contribution in [1.82, 2.24) is 4.57 Å². The van der Waals surface area contributed by atoms with E-state index in [0.29, 0.717) is 0 Å². The van der Waals surface area contributed by atoms with E-state index in [4.69, 9.17) is 0 Å². The molecule has 2 nitrogen and oxygen atoms in total. The van der Waals surface area contributed by atoms with Crippen LogP contribution in [0.15, 0.2) is 42.7 Å². The summed E-state index contributed by atoms with van der Waals surface area (Å²) in [6.07, 6.45) is 9.35. The van der Waals surface area contributed by atoms with E-state index in [-0.39, 0.29) is 0 Å². The van der Waals surface area contributed by atoms with Gasteiger partial charge in [-0.2, -0.15) is 0 Å². The van der Waals surface area contributed by atoms with Gasteiger partial charge in [0.25, 0.3) is 5.82 Å². The summed E-state index contributed by atoms with van der Waals surface area (Å²) in [6.45, 7) is 6.61. The Labute approximate surface area is 116 Å². The van der Waals surface area contributed by atoms with Crippen LogP contribution >= 0.6 is 0 Å². The summed E-state index contributed by atoms with van der Waals surface area (Å²) in [5.74, 6) is 1.47. The Morgan fingerprint density at radius 1 is 1.05 bits per heavy atom. The molecule has 1 aromatic carbocycles. The van der Waals surface area contributed by atoms with Crippen molar-refractivity contribution in [2.75, 3.05) is 0 Å². The van der Waals surface area contributed by atoms with E-state index < -0.39 is 0 Å². The number of rotatable bonds is 7. The number of benzene rings is 1. The van der Waals surface area contributed by atoms with Crippen LogP contribution in [0.2, 0.25) is 0 Å². The van der Waals surface area contributed by atoms with Crippen LogP contribution in [-0.4, -0.2) is 4.57 Å². The highest BCUT2D eigenvalue weighted by molar-refractivity contribution is 5.15. The summed E-state index contributed by atoms with van der Waals surface area (Å²) in [5.41, 5.74) is 1.37. The van der Waals surface area contributed by atoms with E-state index in [0.717, 1.165) is 13.1 Å². The average molecular weight is 257 g/mol. The molecule has 1 aromatic heterocycles. The number of nitrogens with zero attached hydrogens (tertiary/aromatic N) is 2. The van der Waals surface area contributed by atoms with Gasteiger partial charge in [0.1, 0.15) is 18.9 Å². The molecule has 0 radical (unpaired) electrons. The molecule has 2 aromatic rings. The van der Waals surface area contributed by atoms with Gasteiger partial charge in [0.05, 0.1) is 6.54 Å². The van der Waals surface area contributed by atoms with Crippen LogP contribution in [0.4, 0.5) is 0 Å². The van der Waals surface area contributed by atoms with Crippen molar-refractivity contribution >= 4 is 0 Å². The molecular weight excluding hydrogens is 232 g/mol. The van der Waals surface area contributed by atoms with Gasteiger partial charge in [-0.25, -0.2) is 9.13 Å². The third kappa shape index (κ3) is 3.69. The van der Waals surface area contributed by atoms with Gasteiger partial charge in [-0.15, -0.1) is 0 Å². The van der Waals surface area contributed by atoms with Crippen molar-refractivity contribution in [3.63, 3.8) is 0 Å². The first-order valence-electron chi connectivity index (χ1n) is 7.46. The highest BCUT2D eigenvalue weighted by atomic mass is 15.1. The first-order chi connectivity index (χ1) is 9.35. The Morgan fingerprint density at radius 3 is 2.53 bits per heavy atom. The second-order valence-electron chi connectivity index (χ2n) is 5.12. The van der Waals surface area contributed by atoms with Crippen LogP contribution in [0.25, 0.3) is 0 Å². The lowest BCUT2D eigenvalue weighted by Crippen LogP contribution is -2.37. The fraction of sp³-hybridized carbons (Fsp3) is 0.471. The van der Waals surface area contributed by atoms with Crippen molar-refractivity contribution in [1.29, 1.82) is 0 Å². The maximum absolute atomic E-state index is 2.42. The minimum atomic E-state index is 0.983.